The van der Waals surface area contributed by atoms with Crippen LogP contribution in [0.25, 0.3) is 0 Å². The molecule has 1 aliphatic rings. The number of aromatic nitrogens is 2. The van der Waals surface area contributed by atoms with Gasteiger partial charge in [0.2, 0.25) is 17.7 Å². The smallest absolute Gasteiger partial charge is 0.239 e. The Kier molecular flexibility index (Phi) is 5.11. The van der Waals surface area contributed by atoms with Crippen molar-refractivity contribution in [3.8, 4) is 0 Å². The maximum atomic E-state index is 12.5. The Morgan fingerprint density at radius 1 is 1.30 bits per heavy atom. The number of nitrogens with zero attached hydrogens (tertiary/aromatic N) is 4. The van der Waals surface area contributed by atoms with Gasteiger partial charge in [-0.05, 0) is 32.9 Å². The van der Waals surface area contributed by atoms with Crippen molar-refractivity contribution in [1.29, 1.82) is 0 Å². The summed E-state index contributed by atoms with van der Waals surface area (Å²) >= 11 is 0. The van der Waals surface area contributed by atoms with Gasteiger partial charge in [-0.2, -0.15) is 0 Å². The molecule has 0 aliphatic carbocycles. The van der Waals surface area contributed by atoms with E-state index in [0.717, 1.165) is 13.1 Å². The second-order valence-corrected chi connectivity index (χ2v) is 5.54. The molecule has 1 atom stereocenters. The van der Waals surface area contributed by atoms with Crippen LogP contribution in [0, 0.1) is 6.92 Å². The van der Waals surface area contributed by atoms with Crippen molar-refractivity contribution in [3.05, 3.63) is 11.8 Å². The molecule has 112 valence electrons. The lowest BCUT2D eigenvalue weighted by Gasteiger charge is -2.29. The number of hydrogen-bond donors (Lipinski definition) is 0. The molecule has 1 fully saturated rings. The number of carbonyl (C=O) groups is 1. The highest BCUT2D eigenvalue weighted by molar-refractivity contribution is 5.81. The molecule has 0 N–H and O–H groups in total. The zero-order valence-corrected chi connectivity index (χ0v) is 12.6. The lowest BCUT2D eigenvalue weighted by atomic mass is 10.2. The summed E-state index contributed by atoms with van der Waals surface area (Å²) < 4.78 is 5.32. The molecule has 0 saturated carbocycles. The van der Waals surface area contributed by atoms with Crippen LogP contribution in [-0.2, 0) is 11.3 Å². The van der Waals surface area contributed by atoms with Crippen LogP contribution >= 0.6 is 0 Å². The fraction of sp³-hybridized carbons (Fsp3) is 0.786. The zero-order chi connectivity index (χ0) is 14.5. The Balaban J connectivity index is 1.91. The Morgan fingerprint density at radius 3 is 2.50 bits per heavy atom. The summed E-state index contributed by atoms with van der Waals surface area (Å²) in [5.41, 5.74) is 0. The summed E-state index contributed by atoms with van der Waals surface area (Å²) in [6.45, 7) is 6.14. The minimum Gasteiger partial charge on any atom is -0.424 e. The molecule has 2 heterocycles. The standard InChI is InChI=1S/C14H24N4O2/c1-11(18-8-6-4-5-7-9-18)14(19)17(3)10-13-16-15-12(2)20-13/h11H,4-10H2,1-3H3/t11-/m1/s1. The highest BCUT2D eigenvalue weighted by atomic mass is 16.4. The van der Waals surface area contributed by atoms with E-state index >= 15 is 0 Å². The molecule has 0 radical (unpaired) electrons. The molecule has 1 aromatic heterocycles. The first-order valence-corrected chi connectivity index (χ1v) is 7.36. The summed E-state index contributed by atoms with van der Waals surface area (Å²) in [6.07, 6.45) is 4.91. The molecule has 0 spiro atoms. The van der Waals surface area contributed by atoms with Gasteiger partial charge in [-0.3, -0.25) is 9.69 Å². The number of amides is 1. The van der Waals surface area contributed by atoms with Crippen molar-refractivity contribution in [3.63, 3.8) is 0 Å². The largest absolute Gasteiger partial charge is 0.424 e. The second-order valence-electron chi connectivity index (χ2n) is 5.54. The predicted octanol–water partition coefficient (Wildman–Crippen LogP) is 1.60. The van der Waals surface area contributed by atoms with Crippen LogP contribution in [0.4, 0.5) is 0 Å². The van der Waals surface area contributed by atoms with Gasteiger partial charge < -0.3 is 9.32 Å². The van der Waals surface area contributed by atoms with Crippen LogP contribution in [0.15, 0.2) is 4.42 Å². The Hall–Kier alpha value is -1.43. The van der Waals surface area contributed by atoms with Crippen LogP contribution in [0.2, 0.25) is 0 Å². The fourth-order valence-electron chi connectivity index (χ4n) is 2.64. The van der Waals surface area contributed by atoms with E-state index < -0.39 is 0 Å². The molecule has 1 aromatic rings. The van der Waals surface area contributed by atoms with E-state index in [4.69, 9.17) is 4.42 Å². The first-order valence-electron chi connectivity index (χ1n) is 7.36. The SMILES string of the molecule is Cc1nnc(CN(C)C(=O)[C@@H](C)N2CCCCCC2)o1. The van der Waals surface area contributed by atoms with Crippen molar-refractivity contribution in [2.24, 2.45) is 0 Å². The fourth-order valence-corrected chi connectivity index (χ4v) is 2.64. The van der Waals surface area contributed by atoms with Crippen molar-refractivity contribution >= 4 is 5.91 Å². The molecule has 0 aromatic carbocycles. The summed E-state index contributed by atoms with van der Waals surface area (Å²) in [5, 5.41) is 7.71. The lowest BCUT2D eigenvalue weighted by molar-refractivity contribution is -0.135. The van der Waals surface area contributed by atoms with Gasteiger partial charge >= 0.3 is 0 Å². The first-order chi connectivity index (χ1) is 9.58. The summed E-state index contributed by atoms with van der Waals surface area (Å²) in [5.74, 6) is 1.13. The van der Waals surface area contributed by atoms with Gasteiger partial charge in [0.15, 0.2) is 0 Å². The molecule has 1 aliphatic heterocycles. The van der Waals surface area contributed by atoms with Gasteiger partial charge in [0.1, 0.15) is 0 Å². The van der Waals surface area contributed by atoms with E-state index in [1.807, 2.05) is 6.92 Å². The monoisotopic (exact) mass is 280 g/mol. The number of carbonyl (C=O) groups excluding carboxylic acids is 1. The van der Waals surface area contributed by atoms with E-state index in [2.05, 4.69) is 15.1 Å². The number of aryl methyl sites for hydroxylation is 1. The molecule has 6 heteroatoms. The average Bonchev–Trinajstić information content (AvgIpc) is 2.69. The van der Waals surface area contributed by atoms with E-state index in [1.165, 1.54) is 25.7 Å². The third-order valence-electron chi connectivity index (χ3n) is 3.86. The molecule has 1 amide bonds. The van der Waals surface area contributed by atoms with Gasteiger partial charge in [0, 0.05) is 14.0 Å². The number of rotatable bonds is 4. The molecular formula is C14H24N4O2. The van der Waals surface area contributed by atoms with E-state index in [-0.39, 0.29) is 11.9 Å². The highest BCUT2D eigenvalue weighted by Gasteiger charge is 2.25. The summed E-state index contributed by atoms with van der Waals surface area (Å²) in [4.78, 5) is 16.4. The maximum Gasteiger partial charge on any atom is 0.239 e. The van der Waals surface area contributed by atoms with Crippen LogP contribution in [0.1, 0.15) is 44.4 Å². The van der Waals surface area contributed by atoms with Crippen molar-refractivity contribution in [2.45, 2.75) is 52.1 Å². The normalized spacial score (nSPS) is 18.6. The Bertz CT molecular complexity index is 438. The topological polar surface area (TPSA) is 62.5 Å². The van der Waals surface area contributed by atoms with Crippen molar-refractivity contribution in [1.82, 2.24) is 20.0 Å². The van der Waals surface area contributed by atoms with E-state index in [9.17, 15) is 4.79 Å². The lowest BCUT2D eigenvalue weighted by Crippen LogP contribution is -2.46. The number of hydrogen-bond acceptors (Lipinski definition) is 5. The van der Waals surface area contributed by atoms with Crippen molar-refractivity contribution in [2.75, 3.05) is 20.1 Å². The first kappa shape index (κ1) is 15.0. The molecule has 6 nitrogen and oxygen atoms in total. The highest BCUT2D eigenvalue weighted by Crippen LogP contribution is 2.14. The van der Waals surface area contributed by atoms with Gasteiger partial charge in [0.05, 0.1) is 12.6 Å². The minimum atomic E-state index is -0.0814. The van der Waals surface area contributed by atoms with E-state index in [1.54, 1.807) is 18.9 Å². The maximum absolute atomic E-state index is 12.5. The van der Waals surface area contributed by atoms with Crippen LogP contribution in [-0.4, -0.2) is 52.1 Å². The summed E-state index contributed by atoms with van der Waals surface area (Å²) in [6, 6.07) is -0.0814. The molecule has 0 bridgehead atoms. The molecule has 20 heavy (non-hydrogen) atoms. The molecule has 0 unspecified atom stereocenters. The zero-order valence-electron chi connectivity index (χ0n) is 12.6. The average molecular weight is 280 g/mol. The Morgan fingerprint density at radius 2 is 1.95 bits per heavy atom. The minimum absolute atomic E-state index is 0.0814. The third kappa shape index (κ3) is 3.79. The predicted molar refractivity (Wildman–Crippen MR) is 75.0 cm³/mol. The quantitative estimate of drug-likeness (QED) is 0.838. The van der Waals surface area contributed by atoms with Crippen molar-refractivity contribution < 1.29 is 9.21 Å². The molecule has 2 rings (SSSR count). The number of likely N-dealkylation sites (N-methyl/N-ethyl adjacent to an activating group) is 1. The van der Waals surface area contributed by atoms with E-state index in [0.29, 0.717) is 18.3 Å². The van der Waals surface area contributed by atoms with Crippen LogP contribution < -0.4 is 0 Å². The third-order valence-corrected chi connectivity index (χ3v) is 3.86. The van der Waals surface area contributed by atoms with Gasteiger partial charge in [-0.1, -0.05) is 12.8 Å². The molecular weight excluding hydrogens is 256 g/mol. The second kappa shape index (κ2) is 6.83. The van der Waals surface area contributed by atoms with Gasteiger partial charge in [-0.15, -0.1) is 10.2 Å². The Labute approximate surface area is 120 Å². The van der Waals surface area contributed by atoms with Crippen LogP contribution in [0.5, 0.6) is 0 Å². The molecule has 1 saturated heterocycles. The van der Waals surface area contributed by atoms with Gasteiger partial charge in [0.25, 0.3) is 0 Å². The number of likely N-dealkylation sites (tertiary alicyclic amines) is 1. The summed E-state index contributed by atoms with van der Waals surface area (Å²) in [7, 11) is 1.79. The van der Waals surface area contributed by atoms with Crippen LogP contribution in [0.3, 0.4) is 0 Å². The van der Waals surface area contributed by atoms with Gasteiger partial charge in [-0.25, -0.2) is 0 Å².